The molecule has 9 heteroatoms. The highest BCUT2D eigenvalue weighted by Gasteiger charge is 2.51. The average Bonchev–Trinajstić information content (AvgIpc) is 2.76. The minimum absolute atomic E-state index is 0.0294. The van der Waals surface area contributed by atoms with Gasteiger partial charge in [-0.3, -0.25) is 0 Å². The van der Waals surface area contributed by atoms with Gasteiger partial charge in [-0.2, -0.15) is 4.39 Å². The summed E-state index contributed by atoms with van der Waals surface area (Å²) in [5.41, 5.74) is 1.02. The fraction of sp³-hybridized carbons (Fsp3) is 0.455. The molecule has 170 valence electrons. The summed E-state index contributed by atoms with van der Waals surface area (Å²) >= 11 is 6.27. The van der Waals surface area contributed by atoms with Crippen LogP contribution in [0.2, 0.25) is 5.02 Å². The van der Waals surface area contributed by atoms with Crippen molar-refractivity contribution >= 4 is 11.6 Å². The largest absolute Gasteiger partial charge is 0.491 e. The Labute approximate surface area is 183 Å². The van der Waals surface area contributed by atoms with Crippen molar-refractivity contribution < 1.29 is 38.7 Å². The van der Waals surface area contributed by atoms with Crippen molar-refractivity contribution in [3.63, 3.8) is 0 Å². The summed E-state index contributed by atoms with van der Waals surface area (Å²) in [6, 6.07) is 7.50. The summed E-state index contributed by atoms with van der Waals surface area (Å²) in [5.74, 6) is -5.29. The Hall–Kier alpha value is -1.81. The summed E-state index contributed by atoms with van der Waals surface area (Å²) in [6.45, 7) is 2.55. The van der Waals surface area contributed by atoms with Crippen LogP contribution in [0.5, 0.6) is 5.75 Å². The van der Waals surface area contributed by atoms with E-state index < -0.39 is 48.3 Å². The number of aliphatic hydroxyl groups excluding tert-OH is 3. The number of ether oxygens (including phenoxy) is 2. The Morgan fingerprint density at radius 2 is 1.84 bits per heavy atom. The summed E-state index contributed by atoms with van der Waals surface area (Å²) < 4.78 is 39.3. The zero-order valence-corrected chi connectivity index (χ0v) is 17.8. The van der Waals surface area contributed by atoms with Crippen molar-refractivity contribution in [1.29, 1.82) is 0 Å². The van der Waals surface area contributed by atoms with Crippen molar-refractivity contribution in [3.05, 3.63) is 63.7 Å². The smallest absolute Gasteiger partial charge is 0.219 e. The van der Waals surface area contributed by atoms with Gasteiger partial charge in [0.1, 0.15) is 6.10 Å². The fourth-order valence-corrected chi connectivity index (χ4v) is 3.90. The van der Waals surface area contributed by atoms with E-state index >= 15 is 0 Å². The molecule has 0 spiro atoms. The van der Waals surface area contributed by atoms with Crippen LogP contribution in [0, 0.1) is 17.6 Å². The molecule has 2 aromatic rings. The second-order valence-electron chi connectivity index (χ2n) is 7.65. The van der Waals surface area contributed by atoms with Crippen LogP contribution in [-0.4, -0.2) is 51.6 Å². The van der Waals surface area contributed by atoms with Crippen LogP contribution in [0.3, 0.4) is 0 Å². The average molecular weight is 459 g/mol. The van der Waals surface area contributed by atoms with Crippen molar-refractivity contribution in [2.75, 3.05) is 13.2 Å². The van der Waals surface area contributed by atoms with Gasteiger partial charge in [-0.25, -0.2) is 4.39 Å². The Kier molecular flexibility index (Phi) is 7.20. The molecule has 1 fully saturated rings. The SMILES string of the molecule is CCOc1ccc(Cc2cc(C3OC(O)(CO)C(O)C(O)C3C)ccc2Cl)c(F)c1F. The van der Waals surface area contributed by atoms with E-state index in [0.717, 1.165) is 0 Å². The van der Waals surface area contributed by atoms with Crippen LogP contribution >= 0.6 is 11.6 Å². The van der Waals surface area contributed by atoms with Crippen LogP contribution in [0.1, 0.15) is 36.6 Å². The molecule has 3 rings (SSSR count). The number of halogens is 3. The van der Waals surface area contributed by atoms with E-state index in [-0.39, 0.29) is 24.3 Å². The Morgan fingerprint density at radius 3 is 2.48 bits per heavy atom. The van der Waals surface area contributed by atoms with Crippen molar-refractivity contribution in [2.24, 2.45) is 5.92 Å². The molecule has 0 aliphatic carbocycles. The van der Waals surface area contributed by atoms with Crippen LogP contribution < -0.4 is 4.74 Å². The molecule has 0 amide bonds. The predicted octanol–water partition coefficient (Wildman–Crippen LogP) is 2.72. The first-order chi connectivity index (χ1) is 14.6. The molecule has 0 saturated carbocycles. The first-order valence-corrected chi connectivity index (χ1v) is 10.3. The Morgan fingerprint density at radius 1 is 1.13 bits per heavy atom. The molecular formula is C22H25ClF2O6. The fourth-order valence-electron chi connectivity index (χ4n) is 3.72. The molecular weight excluding hydrogens is 434 g/mol. The summed E-state index contributed by atoms with van der Waals surface area (Å²) in [4.78, 5) is 0. The normalized spacial score (nSPS) is 28.5. The molecule has 0 radical (unpaired) electrons. The zero-order valence-electron chi connectivity index (χ0n) is 17.1. The standard InChI is InChI=1S/C22H25ClF2O6/c1-3-30-16-7-5-12(17(24)18(16)25)8-14-9-13(4-6-15(14)23)20-11(2)19(27)21(28)22(29,10-26)31-20/h4-7,9,11,19-21,26-29H,3,8,10H2,1-2H3. The second kappa shape index (κ2) is 9.36. The topological polar surface area (TPSA) is 99.4 Å². The lowest BCUT2D eigenvalue weighted by Crippen LogP contribution is -2.61. The quantitative estimate of drug-likeness (QED) is 0.531. The summed E-state index contributed by atoms with van der Waals surface area (Å²) in [6.07, 6.45) is -3.99. The van der Waals surface area contributed by atoms with Gasteiger partial charge in [0, 0.05) is 17.4 Å². The highest BCUT2D eigenvalue weighted by Crippen LogP contribution is 2.41. The van der Waals surface area contributed by atoms with Gasteiger partial charge < -0.3 is 29.9 Å². The van der Waals surface area contributed by atoms with Crippen LogP contribution in [-0.2, 0) is 11.2 Å². The van der Waals surface area contributed by atoms with Gasteiger partial charge in [0.15, 0.2) is 11.6 Å². The van der Waals surface area contributed by atoms with E-state index in [1.165, 1.54) is 12.1 Å². The number of aliphatic hydroxyl groups is 4. The molecule has 1 saturated heterocycles. The van der Waals surface area contributed by atoms with Gasteiger partial charge in [0.25, 0.3) is 0 Å². The van der Waals surface area contributed by atoms with Gasteiger partial charge in [-0.15, -0.1) is 0 Å². The van der Waals surface area contributed by atoms with Crippen LogP contribution in [0.4, 0.5) is 8.78 Å². The lowest BCUT2D eigenvalue weighted by atomic mass is 9.83. The molecule has 0 bridgehead atoms. The molecule has 1 heterocycles. The van der Waals surface area contributed by atoms with E-state index in [1.54, 1.807) is 32.0 Å². The highest BCUT2D eigenvalue weighted by atomic mass is 35.5. The van der Waals surface area contributed by atoms with E-state index in [2.05, 4.69) is 0 Å². The maximum Gasteiger partial charge on any atom is 0.219 e. The zero-order chi connectivity index (χ0) is 22.9. The monoisotopic (exact) mass is 458 g/mol. The molecule has 4 N–H and O–H groups in total. The number of benzene rings is 2. The third-order valence-electron chi connectivity index (χ3n) is 5.57. The first kappa shape index (κ1) is 23.8. The molecule has 5 unspecified atom stereocenters. The van der Waals surface area contributed by atoms with Gasteiger partial charge in [-0.05, 0) is 35.7 Å². The molecule has 6 nitrogen and oxygen atoms in total. The summed E-state index contributed by atoms with van der Waals surface area (Å²) in [5, 5.41) is 40.5. The van der Waals surface area contributed by atoms with Crippen molar-refractivity contribution in [2.45, 2.75) is 44.4 Å². The number of hydrogen-bond donors (Lipinski definition) is 4. The maximum atomic E-state index is 14.5. The number of rotatable bonds is 6. The van der Waals surface area contributed by atoms with Crippen LogP contribution in [0.15, 0.2) is 30.3 Å². The third kappa shape index (κ3) is 4.55. The molecule has 0 aromatic heterocycles. The predicted molar refractivity (Wildman–Crippen MR) is 109 cm³/mol. The van der Waals surface area contributed by atoms with Crippen LogP contribution in [0.25, 0.3) is 0 Å². The maximum absolute atomic E-state index is 14.5. The molecule has 2 aromatic carbocycles. The van der Waals surface area contributed by atoms with E-state index in [9.17, 15) is 29.2 Å². The van der Waals surface area contributed by atoms with E-state index in [0.29, 0.717) is 16.1 Å². The molecule has 1 aliphatic rings. The van der Waals surface area contributed by atoms with Crippen molar-refractivity contribution in [1.82, 2.24) is 0 Å². The van der Waals surface area contributed by atoms with E-state index in [1.807, 2.05) is 0 Å². The molecule has 5 atom stereocenters. The Bertz CT molecular complexity index is 942. The minimum Gasteiger partial charge on any atom is -0.491 e. The van der Waals surface area contributed by atoms with Gasteiger partial charge in [0.2, 0.25) is 11.6 Å². The van der Waals surface area contributed by atoms with E-state index in [4.69, 9.17) is 21.1 Å². The molecule has 1 aliphatic heterocycles. The second-order valence-corrected chi connectivity index (χ2v) is 8.05. The highest BCUT2D eigenvalue weighted by molar-refractivity contribution is 6.31. The third-order valence-corrected chi connectivity index (χ3v) is 5.93. The minimum atomic E-state index is -2.35. The lowest BCUT2D eigenvalue weighted by molar-refractivity contribution is -0.348. The van der Waals surface area contributed by atoms with Gasteiger partial charge in [-0.1, -0.05) is 36.7 Å². The lowest BCUT2D eigenvalue weighted by Gasteiger charge is -2.46. The molecule has 31 heavy (non-hydrogen) atoms. The van der Waals surface area contributed by atoms with Gasteiger partial charge in [0.05, 0.1) is 25.4 Å². The summed E-state index contributed by atoms with van der Waals surface area (Å²) in [7, 11) is 0. The van der Waals surface area contributed by atoms with Gasteiger partial charge >= 0.3 is 0 Å². The Balaban J connectivity index is 1.93. The number of hydrogen-bond acceptors (Lipinski definition) is 6. The van der Waals surface area contributed by atoms with Crippen molar-refractivity contribution in [3.8, 4) is 5.75 Å². The first-order valence-electron chi connectivity index (χ1n) is 9.88.